The van der Waals surface area contributed by atoms with E-state index in [-0.39, 0.29) is 18.5 Å². The highest BCUT2D eigenvalue weighted by molar-refractivity contribution is 7.92. The van der Waals surface area contributed by atoms with Gasteiger partial charge in [0.1, 0.15) is 0 Å². The fraction of sp³-hybridized carbons (Fsp3) is 0.316. The van der Waals surface area contributed by atoms with Gasteiger partial charge in [0.15, 0.2) is 0 Å². The standard InChI is InChI=1S/C19H24N2O3S/c1-14(2)20-19(22)17-10-8-16(9-11-17)13-21(25(4,23)24)18-7-5-6-15(3)12-18/h5-12,14H,13H2,1-4H3,(H,20,22). The predicted molar refractivity (Wildman–Crippen MR) is 101 cm³/mol. The van der Waals surface area contributed by atoms with E-state index in [1.165, 1.54) is 10.6 Å². The summed E-state index contributed by atoms with van der Waals surface area (Å²) in [6, 6.07) is 14.4. The van der Waals surface area contributed by atoms with Crippen LogP contribution in [0.4, 0.5) is 5.69 Å². The van der Waals surface area contributed by atoms with Crippen molar-refractivity contribution in [1.82, 2.24) is 5.32 Å². The first-order valence-corrected chi connectivity index (χ1v) is 9.96. The van der Waals surface area contributed by atoms with Gasteiger partial charge in [-0.2, -0.15) is 0 Å². The van der Waals surface area contributed by atoms with E-state index in [0.29, 0.717) is 11.3 Å². The SMILES string of the molecule is Cc1cccc(N(Cc2ccc(C(=O)NC(C)C)cc2)S(C)(=O)=O)c1. The van der Waals surface area contributed by atoms with Gasteiger partial charge < -0.3 is 5.32 Å². The molecular weight excluding hydrogens is 336 g/mol. The first kappa shape index (κ1) is 19.0. The molecule has 0 unspecified atom stereocenters. The molecule has 5 nitrogen and oxygen atoms in total. The van der Waals surface area contributed by atoms with Crippen LogP contribution in [0.15, 0.2) is 48.5 Å². The molecule has 0 radical (unpaired) electrons. The van der Waals surface area contributed by atoms with Crippen molar-refractivity contribution in [1.29, 1.82) is 0 Å². The quantitative estimate of drug-likeness (QED) is 0.861. The predicted octanol–water partition coefficient (Wildman–Crippen LogP) is 3.10. The van der Waals surface area contributed by atoms with E-state index in [2.05, 4.69) is 5.32 Å². The molecule has 134 valence electrons. The van der Waals surface area contributed by atoms with Crippen LogP contribution < -0.4 is 9.62 Å². The molecule has 6 heteroatoms. The topological polar surface area (TPSA) is 66.5 Å². The molecule has 0 saturated carbocycles. The highest BCUT2D eigenvalue weighted by atomic mass is 32.2. The lowest BCUT2D eigenvalue weighted by molar-refractivity contribution is 0.0943. The van der Waals surface area contributed by atoms with Gasteiger partial charge in [0.2, 0.25) is 10.0 Å². The van der Waals surface area contributed by atoms with E-state index < -0.39 is 10.0 Å². The highest BCUT2D eigenvalue weighted by Gasteiger charge is 2.18. The number of sulfonamides is 1. The molecule has 1 amide bonds. The van der Waals surface area contributed by atoms with Crippen molar-refractivity contribution in [2.24, 2.45) is 0 Å². The third-order valence-electron chi connectivity index (χ3n) is 3.65. The summed E-state index contributed by atoms with van der Waals surface area (Å²) >= 11 is 0. The number of hydrogen-bond acceptors (Lipinski definition) is 3. The van der Waals surface area contributed by atoms with Crippen molar-refractivity contribution in [2.75, 3.05) is 10.6 Å². The first-order chi connectivity index (χ1) is 11.7. The number of nitrogens with one attached hydrogen (secondary N) is 1. The number of carbonyl (C=O) groups excluding carboxylic acids is 1. The minimum Gasteiger partial charge on any atom is -0.350 e. The summed E-state index contributed by atoms with van der Waals surface area (Å²) in [5.74, 6) is -0.139. The summed E-state index contributed by atoms with van der Waals surface area (Å²) in [6.07, 6.45) is 1.19. The Hall–Kier alpha value is -2.34. The average molecular weight is 360 g/mol. The summed E-state index contributed by atoms with van der Waals surface area (Å²) in [7, 11) is -3.42. The van der Waals surface area contributed by atoms with Crippen LogP contribution in [0.3, 0.4) is 0 Å². The van der Waals surface area contributed by atoms with E-state index in [9.17, 15) is 13.2 Å². The maximum Gasteiger partial charge on any atom is 0.251 e. The zero-order valence-corrected chi connectivity index (χ0v) is 15.8. The third kappa shape index (κ3) is 5.32. The first-order valence-electron chi connectivity index (χ1n) is 8.11. The van der Waals surface area contributed by atoms with Crippen LogP contribution in [0.5, 0.6) is 0 Å². The van der Waals surface area contributed by atoms with Crippen LogP contribution in [0.1, 0.15) is 35.3 Å². The molecule has 0 heterocycles. The van der Waals surface area contributed by atoms with Gasteiger partial charge in [0.25, 0.3) is 5.91 Å². The fourth-order valence-electron chi connectivity index (χ4n) is 2.46. The van der Waals surface area contributed by atoms with Gasteiger partial charge >= 0.3 is 0 Å². The maximum absolute atomic E-state index is 12.2. The molecule has 0 aliphatic rings. The Morgan fingerprint density at radius 1 is 1.12 bits per heavy atom. The molecule has 0 atom stereocenters. The number of nitrogens with zero attached hydrogens (tertiary/aromatic N) is 1. The van der Waals surface area contributed by atoms with Gasteiger partial charge in [0, 0.05) is 11.6 Å². The minimum atomic E-state index is -3.42. The number of rotatable bonds is 6. The van der Waals surface area contributed by atoms with Gasteiger partial charge in [-0.25, -0.2) is 8.42 Å². The van der Waals surface area contributed by atoms with Crippen LogP contribution in [-0.4, -0.2) is 26.6 Å². The number of benzene rings is 2. The zero-order chi connectivity index (χ0) is 18.6. The lowest BCUT2D eigenvalue weighted by Gasteiger charge is -2.23. The molecule has 1 N–H and O–H groups in total. The molecule has 0 bridgehead atoms. The summed E-state index contributed by atoms with van der Waals surface area (Å²) in [5, 5.41) is 2.83. The van der Waals surface area contributed by atoms with Crippen molar-refractivity contribution >= 4 is 21.6 Å². The molecule has 0 fully saturated rings. The molecule has 25 heavy (non-hydrogen) atoms. The lowest BCUT2D eigenvalue weighted by Crippen LogP contribution is -2.30. The molecule has 0 aromatic heterocycles. The number of aryl methyl sites for hydroxylation is 1. The van der Waals surface area contributed by atoms with Crippen LogP contribution in [-0.2, 0) is 16.6 Å². The van der Waals surface area contributed by atoms with Gasteiger partial charge in [-0.15, -0.1) is 0 Å². The van der Waals surface area contributed by atoms with Crippen LogP contribution >= 0.6 is 0 Å². The number of amides is 1. The van der Waals surface area contributed by atoms with Gasteiger partial charge in [0.05, 0.1) is 18.5 Å². The normalized spacial score (nSPS) is 11.4. The average Bonchev–Trinajstić information content (AvgIpc) is 2.51. The smallest absolute Gasteiger partial charge is 0.251 e. The monoisotopic (exact) mass is 360 g/mol. The highest BCUT2D eigenvalue weighted by Crippen LogP contribution is 2.21. The van der Waals surface area contributed by atoms with Gasteiger partial charge in [-0.05, 0) is 56.2 Å². The Labute approximate surface area is 149 Å². The molecular formula is C19H24N2O3S. The molecule has 0 aliphatic carbocycles. The van der Waals surface area contributed by atoms with Crippen molar-refractivity contribution in [3.63, 3.8) is 0 Å². The van der Waals surface area contributed by atoms with Crippen molar-refractivity contribution < 1.29 is 13.2 Å². The summed E-state index contributed by atoms with van der Waals surface area (Å²) in [5.41, 5.74) is 2.99. The van der Waals surface area contributed by atoms with E-state index in [1.54, 1.807) is 30.3 Å². The van der Waals surface area contributed by atoms with Crippen molar-refractivity contribution in [3.8, 4) is 0 Å². The van der Waals surface area contributed by atoms with E-state index in [4.69, 9.17) is 0 Å². The Morgan fingerprint density at radius 2 is 1.76 bits per heavy atom. The third-order valence-corrected chi connectivity index (χ3v) is 4.79. The van der Waals surface area contributed by atoms with Crippen LogP contribution in [0, 0.1) is 6.92 Å². The molecule has 2 rings (SSSR count). The van der Waals surface area contributed by atoms with Crippen molar-refractivity contribution in [3.05, 3.63) is 65.2 Å². The Kier molecular flexibility index (Phi) is 5.85. The fourth-order valence-corrected chi connectivity index (χ4v) is 3.34. The van der Waals surface area contributed by atoms with Crippen molar-refractivity contribution in [2.45, 2.75) is 33.4 Å². The van der Waals surface area contributed by atoms with E-state index in [0.717, 1.165) is 11.1 Å². The molecule has 0 aliphatic heterocycles. The van der Waals surface area contributed by atoms with E-state index >= 15 is 0 Å². The Bertz CT molecular complexity index is 843. The maximum atomic E-state index is 12.2. The molecule has 0 saturated heterocycles. The Morgan fingerprint density at radius 3 is 2.28 bits per heavy atom. The number of hydrogen-bond donors (Lipinski definition) is 1. The second kappa shape index (κ2) is 7.70. The number of carbonyl (C=O) groups is 1. The summed E-state index contributed by atoms with van der Waals surface area (Å²) < 4.78 is 25.8. The summed E-state index contributed by atoms with van der Waals surface area (Å²) in [4.78, 5) is 12.0. The molecule has 2 aromatic rings. The zero-order valence-electron chi connectivity index (χ0n) is 15.0. The van der Waals surface area contributed by atoms with Crippen LogP contribution in [0.25, 0.3) is 0 Å². The Balaban J connectivity index is 2.24. The van der Waals surface area contributed by atoms with Gasteiger partial charge in [-0.3, -0.25) is 9.10 Å². The largest absolute Gasteiger partial charge is 0.350 e. The van der Waals surface area contributed by atoms with Gasteiger partial charge in [-0.1, -0.05) is 24.3 Å². The summed E-state index contributed by atoms with van der Waals surface area (Å²) in [6.45, 7) is 5.94. The minimum absolute atomic E-state index is 0.0641. The second-order valence-electron chi connectivity index (χ2n) is 6.43. The molecule has 2 aromatic carbocycles. The lowest BCUT2D eigenvalue weighted by atomic mass is 10.1. The van der Waals surface area contributed by atoms with Crippen LogP contribution in [0.2, 0.25) is 0 Å². The van der Waals surface area contributed by atoms with E-state index in [1.807, 2.05) is 39.0 Å². The molecule has 0 spiro atoms. The second-order valence-corrected chi connectivity index (χ2v) is 8.34. The number of anilines is 1.